The number of anilines is 1. The maximum Gasteiger partial charge on any atom is 0.225 e. The lowest BCUT2D eigenvalue weighted by Gasteiger charge is -2.19. The molecule has 1 rings (SSSR count). The normalized spacial score (nSPS) is 10.2. The van der Waals surface area contributed by atoms with Gasteiger partial charge in [0.15, 0.2) is 0 Å². The third-order valence-electron chi connectivity index (χ3n) is 2.45. The molecular weight excluding hydrogens is 200 g/mol. The van der Waals surface area contributed by atoms with Crippen LogP contribution >= 0.6 is 0 Å². The van der Waals surface area contributed by atoms with Crippen molar-refractivity contribution >= 4 is 5.95 Å². The molecule has 0 unspecified atom stereocenters. The topological polar surface area (TPSA) is 41.1 Å². The van der Waals surface area contributed by atoms with E-state index in [4.69, 9.17) is 0 Å². The van der Waals surface area contributed by atoms with Crippen molar-refractivity contribution in [2.75, 3.05) is 25.0 Å². The molecule has 1 aromatic rings. The lowest BCUT2D eigenvalue weighted by molar-refractivity contribution is 0.783. The van der Waals surface area contributed by atoms with E-state index in [1.807, 2.05) is 26.2 Å². The molecule has 0 bridgehead atoms. The van der Waals surface area contributed by atoms with Crippen LogP contribution in [0.4, 0.5) is 5.95 Å². The summed E-state index contributed by atoms with van der Waals surface area (Å²) in [6.07, 6.45) is 3.75. The van der Waals surface area contributed by atoms with Crippen LogP contribution in [0.25, 0.3) is 0 Å². The number of likely N-dealkylation sites (N-methyl/N-ethyl adjacent to an activating group) is 1. The first-order chi connectivity index (χ1) is 7.72. The molecule has 1 aromatic heterocycles. The van der Waals surface area contributed by atoms with E-state index in [0.717, 1.165) is 36.8 Å². The van der Waals surface area contributed by atoms with Gasteiger partial charge in [0.05, 0.1) is 0 Å². The Bertz CT molecular complexity index is 349. The van der Waals surface area contributed by atoms with Crippen LogP contribution in [-0.2, 0) is 6.54 Å². The molecule has 16 heavy (non-hydrogen) atoms. The summed E-state index contributed by atoms with van der Waals surface area (Å²) in [5.41, 5.74) is 2.17. The van der Waals surface area contributed by atoms with Crippen LogP contribution in [-0.4, -0.2) is 30.1 Å². The molecule has 0 amide bonds. The molecule has 0 aliphatic rings. The molecule has 0 aromatic carbocycles. The molecule has 0 spiro atoms. The molecule has 1 heterocycles. The molecule has 0 saturated heterocycles. The Labute approximate surface area is 97.4 Å². The second kappa shape index (κ2) is 6.23. The highest BCUT2D eigenvalue weighted by Crippen LogP contribution is 2.10. The van der Waals surface area contributed by atoms with E-state index in [9.17, 15) is 0 Å². The maximum absolute atomic E-state index is 4.51. The van der Waals surface area contributed by atoms with E-state index in [-0.39, 0.29) is 0 Å². The first-order valence-electron chi connectivity index (χ1n) is 5.55. The van der Waals surface area contributed by atoms with Gasteiger partial charge < -0.3 is 10.2 Å². The van der Waals surface area contributed by atoms with E-state index < -0.39 is 0 Å². The van der Waals surface area contributed by atoms with Gasteiger partial charge in [-0.25, -0.2) is 9.97 Å². The van der Waals surface area contributed by atoms with Crippen LogP contribution in [0, 0.1) is 6.92 Å². The predicted molar refractivity (Wildman–Crippen MR) is 67.6 cm³/mol. The zero-order valence-electron chi connectivity index (χ0n) is 10.3. The van der Waals surface area contributed by atoms with Crippen molar-refractivity contribution in [3.63, 3.8) is 0 Å². The molecule has 0 saturated carbocycles. The largest absolute Gasteiger partial charge is 0.337 e. The highest BCUT2D eigenvalue weighted by atomic mass is 15.2. The predicted octanol–water partition coefficient (Wildman–Crippen LogP) is 1.52. The van der Waals surface area contributed by atoms with Gasteiger partial charge in [0.25, 0.3) is 0 Å². The van der Waals surface area contributed by atoms with E-state index in [0.29, 0.717) is 0 Å². The number of rotatable bonds is 6. The lowest BCUT2D eigenvalue weighted by Crippen LogP contribution is -2.25. The minimum atomic E-state index is 0.778. The van der Waals surface area contributed by atoms with E-state index >= 15 is 0 Å². The van der Waals surface area contributed by atoms with Gasteiger partial charge >= 0.3 is 0 Å². The minimum Gasteiger partial charge on any atom is -0.337 e. The average Bonchev–Trinajstić information content (AvgIpc) is 2.29. The molecule has 1 N–H and O–H groups in total. The van der Waals surface area contributed by atoms with E-state index in [1.54, 1.807) is 0 Å². The lowest BCUT2D eigenvalue weighted by atomic mass is 10.2. The minimum absolute atomic E-state index is 0.778. The summed E-state index contributed by atoms with van der Waals surface area (Å²) in [6.45, 7) is 10.3. The maximum atomic E-state index is 4.51. The Morgan fingerprint density at radius 3 is 2.81 bits per heavy atom. The number of aryl methyl sites for hydroxylation is 1. The van der Waals surface area contributed by atoms with Gasteiger partial charge in [0.1, 0.15) is 0 Å². The molecule has 0 aliphatic carbocycles. The monoisotopic (exact) mass is 220 g/mol. The number of aromatic nitrogens is 2. The summed E-state index contributed by atoms with van der Waals surface area (Å²) < 4.78 is 0. The third kappa shape index (κ3) is 3.03. The highest BCUT2D eigenvalue weighted by Gasteiger charge is 2.07. The summed E-state index contributed by atoms with van der Waals surface area (Å²) in [5, 5.41) is 3.10. The fraction of sp³-hybridized carbons (Fsp3) is 0.500. The molecule has 0 atom stereocenters. The van der Waals surface area contributed by atoms with E-state index in [2.05, 4.69) is 33.7 Å². The number of hydrogen-bond donors (Lipinski definition) is 1. The number of nitrogens with zero attached hydrogens (tertiary/aromatic N) is 3. The second-order valence-corrected chi connectivity index (χ2v) is 3.64. The van der Waals surface area contributed by atoms with Crippen LogP contribution in [0.2, 0.25) is 0 Å². The van der Waals surface area contributed by atoms with Gasteiger partial charge in [0.2, 0.25) is 5.95 Å². The van der Waals surface area contributed by atoms with Crippen LogP contribution in [0.5, 0.6) is 0 Å². The van der Waals surface area contributed by atoms with Crippen LogP contribution in [0.15, 0.2) is 18.9 Å². The Morgan fingerprint density at radius 1 is 1.56 bits per heavy atom. The van der Waals surface area contributed by atoms with Crippen LogP contribution < -0.4 is 10.2 Å². The third-order valence-corrected chi connectivity index (χ3v) is 2.45. The first kappa shape index (κ1) is 12.6. The summed E-state index contributed by atoms with van der Waals surface area (Å²) in [7, 11) is 1.92. The summed E-state index contributed by atoms with van der Waals surface area (Å²) in [4.78, 5) is 11.0. The van der Waals surface area contributed by atoms with Gasteiger partial charge in [-0.3, -0.25) is 0 Å². The van der Waals surface area contributed by atoms with Gasteiger partial charge in [-0.1, -0.05) is 6.08 Å². The van der Waals surface area contributed by atoms with Crippen LogP contribution in [0.1, 0.15) is 18.2 Å². The van der Waals surface area contributed by atoms with Gasteiger partial charge in [-0.05, 0) is 20.9 Å². The highest BCUT2D eigenvalue weighted by molar-refractivity contribution is 5.33. The van der Waals surface area contributed by atoms with Crippen molar-refractivity contribution < 1.29 is 0 Å². The standard InChI is InChI=1S/C12H20N4/c1-5-7-16(6-2)12-14-9-11(8-13-4)10(3)15-12/h5,9,13H,1,6-8H2,2-4H3. The van der Waals surface area contributed by atoms with Gasteiger partial charge in [0, 0.05) is 37.1 Å². The van der Waals surface area contributed by atoms with Crippen molar-refractivity contribution in [2.24, 2.45) is 0 Å². The fourth-order valence-electron chi connectivity index (χ4n) is 1.50. The smallest absolute Gasteiger partial charge is 0.225 e. The van der Waals surface area contributed by atoms with Crippen molar-refractivity contribution in [1.29, 1.82) is 0 Å². The number of nitrogens with one attached hydrogen (secondary N) is 1. The molecule has 0 aliphatic heterocycles. The Hall–Kier alpha value is -1.42. The zero-order valence-corrected chi connectivity index (χ0v) is 10.3. The SMILES string of the molecule is C=CCN(CC)c1ncc(CNC)c(C)n1. The summed E-state index contributed by atoms with van der Waals surface area (Å²) in [6, 6.07) is 0. The Morgan fingerprint density at radius 2 is 2.31 bits per heavy atom. The molecule has 0 radical (unpaired) electrons. The molecule has 4 nitrogen and oxygen atoms in total. The first-order valence-corrected chi connectivity index (χ1v) is 5.55. The molecule has 0 fully saturated rings. The summed E-state index contributed by atoms with van der Waals surface area (Å²) in [5.74, 6) is 0.778. The van der Waals surface area contributed by atoms with Crippen molar-refractivity contribution in [2.45, 2.75) is 20.4 Å². The molecular formula is C12H20N4. The molecule has 88 valence electrons. The van der Waals surface area contributed by atoms with E-state index in [1.165, 1.54) is 0 Å². The zero-order chi connectivity index (χ0) is 12.0. The van der Waals surface area contributed by atoms with Crippen LogP contribution in [0.3, 0.4) is 0 Å². The molecule has 4 heteroatoms. The van der Waals surface area contributed by atoms with Gasteiger partial charge in [-0.15, -0.1) is 6.58 Å². The van der Waals surface area contributed by atoms with Crippen molar-refractivity contribution in [1.82, 2.24) is 15.3 Å². The second-order valence-electron chi connectivity index (χ2n) is 3.64. The Balaban J connectivity index is 2.89. The van der Waals surface area contributed by atoms with Crippen molar-refractivity contribution in [3.8, 4) is 0 Å². The van der Waals surface area contributed by atoms with Gasteiger partial charge in [-0.2, -0.15) is 0 Å². The fourth-order valence-corrected chi connectivity index (χ4v) is 1.50. The Kier molecular flexibility index (Phi) is 4.92. The quantitative estimate of drug-likeness (QED) is 0.738. The van der Waals surface area contributed by atoms with Crippen molar-refractivity contribution in [3.05, 3.63) is 30.1 Å². The average molecular weight is 220 g/mol. The number of hydrogen-bond acceptors (Lipinski definition) is 4. The summed E-state index contributed by atoms with van der Waals surface area (Å²) >= 11 is 0.